The summed E-state index contributed by atoms with van der Waals surface area (Å²) in [6.07, 6.45) is 3.82. The summed E-state index contributed by atoms with van der Waals surface area (Å²) >= 11 is 0. The third-order valence-corrected chi connectivity index (χ3v) is 3.56. The fraction of sp³-hybridized carbons (Fsp3) is 0.389. The molecule has 1 heterocycles. The topological polar surface area (TPSA) is 67.4 Å². The van der Waals surface area contributed by atoms with Gasteiger partial charge in [-0.2, -0.15) is 0 Å². The van der Waals surface area contributed by atoms with E-state index in [9.17, 15) is 4.79 Å². The number of esters is 1. The van der Waals surface area contributed by atoms with Crippen molar-refractivity contribution in [1.29, 1.82) is 0 Å². The molecule has 128 valence electrons. The Hall–Kier alpha value is -2.63. The summed E-state index contributed by atoms with van der Waals surface area (Å²) in [7, 11) is 2.02. The van der Waals surface area contributed by atoms with Gasteiger partial charge in [-0.3, -0.25) is 0 Å². The highest BCUT2D eigenvalue weighted by atomic mass is 16.5. The van der Waals surface area contributed by atoms with E-state index < -0.39 is 0 Å². The molecule has 0 aliphatic heterocycles. The van der Waals surface area contributed by atoms with Crippen LogP contribution in [-0.4, -0.2) is 36.1 Å². The third-order valence-electron chi connectivity index (χ3n) is 3.56. The second-order valence-corrected chi connectivity index (χ2v) is 5.46. The number of unbranched alkanes of at least 4 members (excludes halogenated alkanes) is 1. The lowest BCUT2D eigenvalue weighted by atomic mass is 10.2. The first-order valence-electron chi connectivity index (χ1n) is 8.21. The van der Waals surface area contributed by atoms with Crippen molar-refractivity contribution in [2.45, 2.75) is 26.7 Å². The van der Waals surface area contributed by atoms with Crippen molar-refractivity contribution in [3.05, 3.63) is 42.2 Å². The van der Waals surface area contributed by atoms with Gasteiger partial charge in [0.05, 0.1) is 12.2 Å². The van der Waals surface area contributed by atoms with E-state index >= 15 is 0 Å². The average Bonchev–Trinajstić information content (AvgIpc) is 2.60. The van der Waals surface area contributed by atoms with Crippen molar-refractivity contribution in [2.75, 3.05) is 30.4 Å². The van der Waals surface area contributed by atoms with Crippen LogP contribution in [0.5, 0.6) is 0 Å². The van der Waals surface area contributed by atoms with Gasteiger partial charge in [0, 0.05) is 25.3 Å². The third kappa shape index (κ3) is 4.94. The van der Waals surface area contributed by atoms with E-state index in [1.54, 1.807) is 25.4 Å². The highest BCUT2D eigenvalue weighted by Crippen LogP contribution is 2.19. The van der Waals surface area contributed by atoms with Crippen molar-refractivity contribution in [1.82, 2.24) is 9.97 Å². The minimum atomic E-state index is -0.314. The van der Waals surface area contributed by atoms with Crippen molar-refractivity contribution >= 4 is 23.3 Å². The van der Waals surface area contributed by atoms with Crippen LogP contribution >= 0.6 is 0 Å². The minimum Gasteiger partial charge on any atom is -0.462 e. The number of nitrogens with zero attached hydrogens (tertiary/aromatic N) is 3. The SMILES string of the molecule is CCCCN(C)c1cc(Nc2ccc(C(=O)OCC)cc2)ncn1. The zero-order valence-electron chi connectivity index (χ0n) is 14.5. The molecule has 24 heavy (non-hydrogen) atoms. The van der Waals surface area contributed by atoms with E-state index in [0.717, 1.165) is 30.9 Å². The Balaban J connectivity index is 2.04. The van der Waals surface area contributed by atoms with E-state index in [1.807, 2.05) is 25.2 Å². The molecule has 6 heteroatoms. The molecule has 0 aliphatic carbocycles. The predicted octanol–water partition coefficient (Wildman–Crippen LogP) is 3.63. The Morgan fingerprint density at radius 2 is 1.96 bits per heavy atom. The molecule has 1 aromatic heterocycles. The lowest BCUT2D eigenvalue weighted by Crippen LogP contribution is -2.19. The second kappa shape index (κ2) is 8.86. The lowest BCUT2D eigenvalue weighted by molar-refractivity contribution is 0.0526. The van der Waals surface area contributed by atoms with Crippen LogP contribution < -0.4 is 10.2 Å². The van der Waals surface area contributed by atoms with Crippen molar-refractivity contribution in [3.8, 4) is 0 Å². The molecular formula is C18H24N4O2. The molecule has 0 aliphatic rings. The molecule has 0 fully saturated rings. The fourth-order valence-electron chi connectivity index (χ4n) is 2.19. The number of hydrogen-bond donors (Lipinski definition) is 1. The largest absolute Gasteiger partial charge is 0.462 e. The highest BCUT2D eigenvalue weighted by Gasteiger charge is 2.07. The number of carbonyl (C=O) groups is 1. The number of anilines is 3. The fourth-order valence-corrected chi connectivity index (χ4v) is 2.19. The Morgan fingerprint density at radius 1 is 1.21 bits per heavy atom. The summed E-state index contributed by atoms with van der Waals surface area (Å²) in [5, 5.41) is 3.22. The standard InChI is InChI=1S/C18H24N4O2/c1-4-6-11-22(3)17-12-16(19-13-20-17)21-15-9-7-14(8-10-15)18(23)24-5-2/h7-10,12-13H,4-6,11H2,1-3H3,(H,19,20,21). The molecule has 0 unspecified atom stereocenters. The Bertz CT molecular complexity index is 658. The van der Waals surface area contributed by atoms with E-state index in [1.165, 1.54) is 0 Å². The van der Waals surface area contributed by atoms with E-state index in [4.69, 9.17) is 4.74 Å². The number of carbonyl (C=O) groups excluding carboxylic acids is 1. The van der Waals surface area contributed by atoms with Gasteiger partial charge in [-0.25, -0.2) is 14.8 Å². The molecule has 0 bridgehead atoms. The molecule has 1 aromatic carbocycles. The molecule has 2 aromatic rings. The van der Waals surface area contributed by atoms with Gasteiger partial charge in [0.15, 0.2) is 0 Å². The van der Waals surface area contributed by atoms with Gasteiger partial charge in [-0.1, -0.05) is 13.3 Å². The molecular weight excluding hydrogens is 304 g/mol. The molecule has 1 N–H and O–H groups in total. The lowest BCUT2D eigenvalue weighted by Gasteiger charge is -2.18. The monoisotopic (exact) mass is 328 g/mol. The highest BCUT2D eigenvalue weighted by molar-refractivity contribution is 5.89. The summed E-state index contributed by atoms with van der Waals surface area (Å²) in [4.78, 5) is 22.3. The second-order valence-electron chi connectivity index (χ2n) is 5.46. The van der Waals surface area contributed by atoms with Gasteiger partial charge in [0.1, 0.15) is 18.0 Å². The summed E-state index contributed by atoms with van der Waals surface area (Å²) in [6, 6.07) is 9.03. The van der Waals surface area contributed by atoms with Crippen molar-refractivity contribution in [3.63, 3.8) is 0 Å². The average molecular weight is 328 g/mol. The van der Waals surface area contributed by atoms with Crippen LogP contribution in [0.15, 0.2) is 36.7 Å². The zero-order chi connectivity index (χ0) is 17.4. The maximum atomic E-state index is 11.7. The van der Waals surface area contributed by atoms with Crippen LogP contribution in [0.3, 0.4) is 0 Å². The van der Waals surface area contributed by atoms with Crippen LogP contribution in [0, 0.1) is 0 Å². The first-order chi connectivity index (χ1) is 11.6. The number of ether oxygens (including phenoxy) is 1. The van der Waals surface area contributed by atoms with Gasteiger partial charge in [-0.15, -0.1) is 0 Å². The Labute approximate surface area is 142 Å². The molecule has 6 nitrogen and oxygen atoms in total. The number of hydrogen-bond acceptors (Lipinski definition) is 6. The quantitative estimate of drug-likeness (QED) is 0.746. The first kappa shape index (κ1) is 17.7. The number of nitrogens with one attached hydrogen (secondary N) is 1. The Morgan fingerprint density at radius 3 is 2.62 bits per heavy atom. The smallest absolute Gasteiger partial charge is 0.338 e. The Kier molecular flexibility index (Phi) is 6.54. The maximum Gasteiger partial charge on any atom is 0.338 e. The maximum absolute atomic E-state index is 11.7. The van der Waals surface area contributed by atoms with Gasteiger partial charge in [0.2, 0.25) is 0 Å². The van der Waals surface area contributed by atoms with E-state index in [0.29, 0.717) is 18.0 Å². The molecule has 0 atom stereocenters. The number of rotatable bonds is 8. The minimum absolute atomic E-state index is 0.314. The zero-order valence-corrected chi connectivity index (χ0v) is 14.5. The van der Waals surface area contributed by atoms with E-state index in [2.05, 4.69) is 27.1 Å². The summed E-state index contributed by atoms with van der Waals surface area (Å²) in [5.74, 6) is 1.28. The summed E-state index contributed by atoms with van der Waals surface area (Å²) in [6.45, 7) is 5.29. The molecule has 0 spiro atoms. The van der Waals surface area contributed by atoms with Crippen molar-refractivity contribution in [2.24, 2.45) is 0 Å². The van der Waals surface area contributed by atoms with Gasteiger partial charge >= 0.3 is 5.97 Å². The summed E-state index contributed by atoms with van der Waals surface area (Å²) < 4.78 is 4.97. The van der Waals surface area contributed by atoms with Crippen LogP contribution in [0.2, 0.25) is 0 Å². The van der Waals surface area contributed by atoms with Crippen LogP contribution in [0.1, 0.15) is 37.0 Å². The predicted molar refractivity (Wildman–Crippen MR) is 95.9 cm³/mol. The van der Waals surface area contributed by atoms with Crippen LogP contribution in [0.25, 0.3) is 0 Å². The summed E-state index contributed by atoms with van der Waals surface area (Å²) in [5.41, 5.74) is 1.38. The number of benzene rings is 1. The normalized spacial score (nSPS) is 10.3. The molecule has 0 saturated carbocycles. The van der Waals surface area contributed by atoms with Crippen molar-refractivity contribution < 1.29 is 9.53 Å². The first-order valence-corrected chi connectivity index (χ1v) is 8.21. The molecule has 2 rings (SSSR count). The van der Waals surface area contributed by atoms with Gasteiger partial charge in [-0.05, 0) is 37.6 Å². The van der Waals surface area contributed by atoms with Crippen LogP contribution in [0.4, 0.5) is 17.3 Å². The molecule has 0 amide bonds. The molecule has 0 saturated heterocycles. The van der Waals surface area contributed by atoms with Gasteiger partial charge in [0.25, 0.3) is 0 Å². The van der Waals surface area contributed by atoms with Gasteiger partial charge < -0.3 is 15.0 Å². The molecule has 0 radical (unpaired) electrons. The van der Waals surface area contributed by atoms with E-state index in [-0.39, 0.29) is 5.97 Å². The van der Waals surface area contributed by atoms with Crippen LogP contribution in [-0.2, 0) is 4.74 Å². The number of aromatic nitrogens is 2.